The van der Waals surface area contributed by atoms with Gasteiger partial charge in [0.05, 0.1) is 0 Å². The van der Waals surface area contributed by atoms with Gasteiger partial charge in [0.1, 0.15) is 0 Å². The Kier molecular flexibility index (Phi) is 5.27. The summed E-state index contributed by atoms with van der Waals surface area (Å²) < 4.78 is 0. The van der Waals surface area contributed by atoms with Crippen LogP contribution in [-0.2, 0) is 0 Å². The number of carbonyl (C=O) groups excluding carboxylic acids is 1. The molecule has 0 spiro atoms. The van der Waals surface area contributed by atoms with E-state index >= 15 is 0 Å². The van der Waals surface area contributed by atoms with E-state index in [1.165, 1.54) is 12.8 Å². The molecule has 0 heterocycles. The quantitative estimate of drug-likeness (QED) is 0.880. The van der Waals surface area contributed by atoms with Gasteiger partial charge in [-0.3, -0.25) is 4.79 Å². The molecule has 1 fully saturated rings. The Labute approximate surface area is 128 Å². The van der Waals surface area contributed by atoms with Crippen LogP contribution in [0.4, 0.5) is 5.69 Å². The van der Waals surface area contributed by atoms with E-state index in [9.17, 15) is 4.79 Å². The van der Waals surface area contributed by atoms with Gasteiger partial charge in [-0.25, -0.2) is 0 Å². The number of hydrogen-bond donors (Lipinski definition) is 2. The maximum atomic E-state index is 12.4. The van der Waals surface area contributed by atoms with Crippen molar-refractivity contribution in [3.63, 3.8) is 0 Å². The molecule has 3 atom stereocenters. The first kappa shape index (κ1) is 15.9. The Morgan fingerprint density at radius 3 is 2.67 bits per heavy atom. The second kappa shape index (κ2) is 6.97. The summed E-state index contributed by atoms with van der Waals surface area (Å²) in [7, 11) is 0. The van der Waals surface area contributed by atoms with E-state index in [4.69, 9.17) is 0 Å². The molecule has 2 N–H and O–H groups in total. The maximum absolute atomic E-state index is 12.4. The second-order valence-electron chi connectivity index (χ2n) is 6.54. The Morgan fingerprint density at radius 2 is 2.05 bits per heavy atom. The fourth-order valence-electron chi connectivity index (χ4n) is 3.33. The number of hydrogen-bond acceptors (Lipinski definition) is 2. The van der Waals surface area contributed by atoms with Crippen molar-refractivity contribution in [3.05, 3.63) is 29.3 Å². The lowest BCUT2D eigenvalue weighted by Gasteiger charge is -2.33. The lowest BCUT2D eigenvalue weighted by Crippen LogP contribution is -2.42. The van der Waals surface area contributed by atoms with Crippen LogP contribution in [0.1, 0.15) is 56.0 Å². The Morgan fingerprint density at radius 1 is 1.29 bits per heavy atom. The number of anilines is 1. The van der Waals surface area contributed by atoms with Crippen molar-refractivity contribution in [3.8, 4) is 0 Å². The second-order valence-corrected chi connectivity index (χ2v) is 6.54. The molecule has 0 aliphatic heterocycles. The summed E-state index contributed by atoms with van der Waals surface area (Å²) in [6.07, 6.45) is 3.53. The monoisotopic (exact) mass is 288 g/mol. The molecular weight excluding hydrogens is 260 g/mol. The number of nitrogens with one attached hydrogen (secondary N) is 2. The molecule has 1 aliphatic carbocycles. The number of carbonyl (C=O) groups is 1. The largest absolute Gasteiger partial charge is 0.385 e. The van der Waals surface area contributed by atoms with E-state index in [1.54, 1.807) is 0 Å². The molecule has 21 heavy (non-hydrogen) atoms. The minimum atomic E-state index is 0.0625. The van der Waals surface area contributed by atoms with Gasteiger partial charge in [-0.05, 0) is 68.7 Å². The van der Waals surface area contributed by atoms with Gasteiger partial charge in [0.2, 0.25) is 0 Å². The average Bonchev–Trinajstić information content (AvgIpc) is 2.44. The molecule has 3 heteroatoms. The van der Waals surface area contributed by atoms with E-state index in [0.29, 0.717) is 12.0 Å². The maximum Gasteiger partial charge on any atom is 0.251 e. The number of rotatable bonds is 4. The van der Waals surface area contributed by atoms with Crippen molar-refractivity contribution in [2.45, 2.75) is 53.0 Å². The topological polar surface area (TPSA) is 41.1 Å². The fraction of sp³-hybridized carbons (Fsp3) is 0.611. The van der Waals surface area contributed by atoms with Crippen LogP contribution in [0, 0.1) is 18.8 Å². The molecule has 3 unspecified atom stereocenters. The van der Waals surface area contributed by atoms with Crippen molar-refractivity contribution in [1.29, 1.82) is 0 Å². The third-order valence-electron chi connectivity index (χ3n) is 4.60. The van der Waals surface area contributed by atoms with Crippen LogP contribution >= 0.6 is 0 Å². The minimum Gasteiger partial charge on any atom is -0.385 e. The van der Waals surface area contributed by atoms with Gasteiger partial charge in [-0.2, -0.15) is 0 Å². The molecule has 0 saturated heterocycles. The third-order valence-corrected chi connectivity index (χ3v) is 4.60. The fourth-order valence-corrected chi connectivity index (χ4v) is 3.33. The van der Waals surface area contributed by atoms with E-state index in [-0.39, 0.29) is 5.91 Å². The summed E-state index contributed by atoms with van der Waals surface area (Å²) >= 11 is 0. The van der Waals surface area contributed by atoms with Gasteiger partial charge in [-0.1, -0.05) is 13.8 Å². The van der Waals surface area contributed by atoms with Crippen LogP contribution in [0.15, 0.2) is 18.2 Å². The molecule has 1 aromatic carbocycles. The van der Waals surface area contributed by atoms with E-state index < -0.39 is 0 Å². The van der Waals surface area contributed by atoms with Crippen LogP contribution in [0.2, 0.25) is 0 Å². The smallest absolute Gasteiger partial charge is 0.251 e. The van der Waals surface area contributed by atoms with E-state index in [2.05, 4.69) is 31.4 Å². The summed E-state index contributed by atoms with van der Waals surface area (Å²) in [5.74, 6) is 1.42. The van der Waals surface area contributed by atoms with Crippen LogP contribution in [0.5, 0.6) is 0 Å². The van der Waals surface area contributed by atoms with Crippen LogP contribution in [0.25, 0.3) is 0 Å². The number of amides is 1. The zero-order valence-corrected chi connectivity index (χ0v) is 13.7. The molecule has 1 aromatic rings. The average molecular weight is 288 g/mol. The summed E-state index contributed by atoms with van der Waals surface area (Å²) in [6.45, 7) is 9.56. The normalized spacial score (nSPS) is 25.4. The highest BCUT2D eigenvalue weighted by atomic mass is 16.1. The lowest BCUT2D eigenvalue weighted by molar-refractivity contribution is 0.0899. The molecule has 2 rings (SSSR count). The molecule has 1 amide bonds. The van der Waals surface area contributed by atoms with Crippen molar-refractivity contribution >= 4 is 11.6 Å². The molecule has 1 aliphatic rings. The Hall–Kier alpha value is -1.51. The standard InChI is InChI=1S/C18H28N2O/c1-5-19-16-9-7-15(11-14(16)4)18(21)20-17-8-6-12(2)10-13(17)3/h7,9,11-13,17,19H,5-6,8,10H2,1-4H3,(H,20,21). The molecular formula is C18H28N2O. The highest BCUT2D eigenvalue weighted by Crippen LogP contribution is 2.28. The SMILES string of the molecule is CCNc1ccc(C(=O)NC2CCC(C)CC2C)cc1C. The summed E-state index contributed by atoms with van der Waals surface area (Å²) in [4.78, 5) is 12.4. The van der Waals surface area contributed by atoms with Gasteiger partial charge in [0.25, 0.3) is 5.91 Å². The molecule has 0 bridgehead atoms. The molecule has 0 aromatic heterocycles. The lowest BCUT2D eigenvalue weighted by atomic mass is 9.80. The van der Waals surface area contributed by atoms with Gasteiger partial charge >= 0.3 is 0 Å². The Balaban J connectivity index is 2.01. The molecule has 1 saturated carbocycles. The van der Waals surface area contributed by atoms with Crippen molar-refractivity contribution in [2.24, 2.45) is 11.8 Å². The molecule has 3 nitrogen and oxygen atoms in total. The number of aryl methyl sites for hydroxylation is 1. The predicted molar refractivity (Wildman–Crippen MR) is 88.8 cm³/mol. The zero-order valence-electron chi connectivity index (χ0n) is 13.7. The first-order valence-corrected chi connectivity index (χ1v) is 8.16. The van der Waals surface area contributed by atoms with Gasteiger partial charge < -0.3 is 10.6 Å². The summed E-state index contributed by atoms with van der Waals surface area (Å²) in [6, 6.07) is 6.21. The van der Waals surface area contributed by atoms with Gasteiger partial charge in [0.15, 0.2) is 0 Å². The van der Waals surface area contributed by atoms with Gasteiger partial charge in [0, 0.05) is 23.8 Å². The van der Waals surface area contributed by atoms with Crippen molar-refractivity contribution in [1.82, 2.24) is 5.32 Å². The summed E-state index contributed by atoms with van der Waals surface area (Å²) in [5, 5.41) is 6.53. The minimum absolute atomic E-state index is 0.0625. The first-order chi connectivity index (χ1) is 10.0. The highest BCUT2D eigenvalue weighted by Gasteiger charge is 2.26. The molecule has 0 radical (unpaired) electrons. The van der Waals surface area contributed by atoms with Crippen LogP contribution < -0.4 is 10.6 Å². The van der Waals surface area contributed by atoms with E-state index in [0.717, 1.165) is 35.7 Å². The van der Waals surface area contributed by atoms with Crippen LogP contribution in [0.3, 0.4) is 0 Å². The molecule has 116 valence electrons. The number of benzene rings is 1. The summed E-state index contributed by atoms with van der Waals surface area (Å²) in [5.41, 5.74) is 2.99. The Bertz CT molecular complexity index is 498. The first-order valence-electron chi connectivity index (χ1n) is 8.16. The van der Waals surface area contributed by atoms with Crippen molar-refractivity contribution < 1.29 is 4.79 Å². The van der Waals surface area contributed by atoms with Crippen LogP contribution in [-0.4, -0.2) is 18.5 Å². The zero-order chi connectivity index (χ0) is 15.4. The highest BCUT2D eigenvalue weighted by molar-refractivity contribution is 5.95. The third kappa shape index (κ3) is 3.99. The van der Waals surface area contributed by atoms with Gasteiger partial charge in [-0.15, -0.1) is 0 Å². The van der Waals surface area contributed by atoms with E-state index in [1.807, 2.05) is 25.1 Å². The predicted octanol–water partition coefficient (Wildman–Crippen LogP) is 3.98. The van der Waals surface area contributed by atoms with Crippen molar-refractivity contribution in [2.75, 3.05) is 11.9 Å².